The minimum absolute atomic E-state index is 0.0254. The van der Waals surface area contributed by atoms with E-state index in [1.54, 1.807) is 29.6 Å². The van der Waals surface area contributed by atoms with Gasteiger partial charge in [0.2, 0.25) is 10.0 Å². The molecule has 1 aromatic rings. The lowest BCUT2D eigenvalue weighted by atomic mass is 10.1. The maximum Gasteiger partial charge on any atom is 0.242 e. The summed E-state index contributed by atoms with van der Waals surface area (Å²) in [6, 6.07) is 1.52. The highest BCUT2D eigenvalue weighted by molar-refractivity contribution is 7.89. The average molecular weight is 275 g/mol. The number of sulfonamides is 1. The molecule has 0 aliphatic heterocycles. The fourth-order valence-electron chi connectivity index (χ4n) is 1.71. The van der Waals surface area contributed by atoms with Crippen molar-refractivity contribution in [2.75, 3.05) is 27.2 Å². The highest BCUT2D eigenvalue weighted by Crippen LogP contribution is 2.10. The Morgan fingerprint density at radius 3 is 2.56 bits per heavy atom. The number of aromatic nitrogens is 1. The third-order valence-electron chi connectivity index (χ3n) is 2.41. The number of aliphatic hydroxyl groups is 1. The summed E-state index contributed by atoms with van der Waals surface area (Å²) in [5.41, 5.74) is -1.11. The van der Waals surface area contributed by atoms with Gasteiger partial charge in [-0.2, -0.15) is 0 Å². The number of rotatable bonds is 6. The first-order chi connectivity index (χ1) is 8.12. The van der Waals surface area contributed by atoms with E-state index in [1.807, 2.05) is 14.1 Å². The van der Waals surface area contributed by atoms with Crippen LogP contribution in [0.15, 0.2) is 23.4 Å². The van der Waals surface area contributed by atoms with E-state index < -0.39 is 15.6 Å². The summed E-state index contributed by atoms with van der Waals surface area (Å²) in [5.74, 6) is 0. The van der Waals surface area contributed by atoms with Crippen LogP contribution >= 0.6 is 0 Å². The molecule has 2 N–H and O–H groups in total. The SMILES string of the molecule is CN(C)CC(C)(O)CNS(=O)(=O)c1ccn(C)c1. The standard InChI is InChI=1S/C11H21N3O3S/c1-11(15,9-13(2)3)8-12-18(16,17)10-5-6-14(4)7-10/h5-7,12,15H,8-9H2,1-4H3. The van der Waals surface area contributed by atoms with Crippen molar-refractivity contribution in [1.29, 1.82) is 0 Å². The van der Waals surface area contributed by atoms with Crippen LogP contribution in [-0.2, 0) is 17.1 Å². The lowest BCUT2D eigenvalue weighted by Gasteiger charge is -2.26. The highest BCUT2D eigenvalue weighted by atomic mass is 32.2. The van der Waals surface area contributed by atoms with E-state index in [1.165, 1.54) is 12.3 Å². The Bertz CT molecular complexity index is 491. The van der Waals surface area contributed by atoms with Gasteiger partial charge in [0.15, 0.2) is 0 Å². The Kier molecular flexibility index (Phi) is 4.55. The smallest absolute Gasteiger partial charge is 0.242 e. The van der Waals surface area contributed by atoms with Crippen molar-refractivity contribution in [2.45, 2.75) is 17.4 Å². The zero-order valence-corrected chi connectivity index (χ0v) is 12.0. The van der Waals surface area contributed by atoms with E-state index >= 15 is 0 Å². The van der Waals surface area contributed by atoms with Gasteiger partial charge >= 0.3 is 0 Å². The maximum atomic E-state index is 11.9. The molecule has 0 saturated carbocycles. The van der Waals surface area contributed by atoms with Crippen LogP contribution in [0.25, 0.3) is 0 Å². The van der Waals surface area contributed by atoms with Gasteiger partial charge in [-0.25, -0.2) is 13.1 Å². The summed E-state index contributed by atoms with van der Waals surface area (Å²) in [6.07, 6.45) is 3.18. The van der Waals surface area contributed by atoms with Gasteiger partial charge in [-0.3, -0.25) is 0 Å². The van der Waals surface area contributed by atoms with Gasteiger partial charge in [-0.05, 0) is 27.1 Å². The van der Waals surface area contributed by atoms with Crippen LogP contribution in [0.1, 0.15) is 6.92 Å². The molecule has 0 amide bonds. The summed E-state index contributed by atoms with van der Waals surface area (Å²) >= 11 is 0. The number of hydrogen-bond acceptors (Lipinski definition) is 4. The Morgan fingerprint density at radius 1 is 1.50 bits per heavy atom. The van der Waals surface area contributed by atoms with E-state index in [-0.39, 0.29) is 11.4 Å². The molecule has 0 radical (unpaired) electrons. The molecule has 0 aliphatic carbocycles. The molecular formula is C11H21N3O3S. The van der Waals surface area contributed by atoms with E-state index in [4.69, 9.17) is 0 Å². The van der Waals surface area contributed by atoms with Gasteiger partial charge in [0.25, 0.3) is 0 Å². The van der Waals surface area contributed by atoms with Crippen LogP contribution in [0.2, 0.25) is 0 Å². The van der Waals surface area contributed by atoms with Crippen LogP contribution in [-0.4, -0.2) is 55.8 Å². The van der Waals surface area contributed by atoms with Gasteiger partial charge in [-0.15, -0.1) is 0 Å². The Hall–Kier alpha value is -0.890. The van der Waals surface area contributed by atoms with Gasteiger partial charge in [0.1, 0.15) is 0 Å². The molecule has 104 valence electrons. The molecule has 7 heteroatoms. The van der Waals surface area contributed by atoms with Crippen molar-refractivity contribution in [3.8, 4) is 0 Å². The van der Waals surface area contributed by atoms with E-state index in [0.29, 0.717) is 6.54 Å². The second-order valence-corrected chi connectivity index (χ2v) is 6.84. The predicted octanol–water partition coefficient (Wildman–Crippen LogP) is -0.384. The molecule has 0 bridgehead atoms. The van der Waals surface area contributed by atoms with Gasteiger partial charge in [-0.1, -0.05) is 0 Å². The molecule has 6 nitrogen and oxygen atoms in total. The lowest BCUT2D eigenvalue weighted by Crippen LogP contribution is -2.47. The van der Waals surface area contributed by atoms with E-state index in [0.717, 1.165) is 0 Å². The second-order valence-electron chi connectivity index (χ2n) is 5.07. The number of likely N-dealkylation sites (N-methyl/N-ethyl adjacent to an activating group) is 1. The first kappa shape index (κ1) is 15.2. The maximum absolute atomic E-state index is 11.9. The summed E-state index contributed by atoms with van der Waals surface area (Å²) in [4.78, 5) is 2.00. The highest BCUT2D eigenvalue weighted by Gasteiger charge is 2.25. The minimum Gasteiger partial charge on any atom is -0.387 e. The topological polar surface area (TPSA) is 74.6 Å². The van der Waals surface area contributed by atoms with Crippen molar-refractivity contribution >= 4 is 10.0 Å². The van der Waals surface area contributed by atoms with E-state index in [9.17, 15) is 13.5 Å². The number of aryl methyl sites for hydroxylation is 1. The predicted molar refractivity (Wildman–Crippen MR) is 69.8 cm³/mol. The summed E-state index contributed by atoms with van der Waals surface area (Å²) < 4.78 is 27.9. The zero-order chi connectivity index (χ0) is 14.0. The van der Waals surface area contributed by atoms with E-state index in [2.05, 4.69) is 4.72 Å². The molecule has 0 fully saturated rings. The molecule has 18 heavy (non-hydrogen) atoms. The largest absolute Gasteiger partial charge is 0.387 e. The van der Waals surface area contributed by atoms with Gasteiger partial charge in [0, 0.05) is 32.5 Å². The van der Waals surface area contributed by atoms with Crippen LogP contribution in [0.3, 0.4) is 0 Å². The molecule has 1 unspecified atom stereocenters. The molecule has 0 aliphatic rings. The minimum atomic E-state index is -3.56. The molecule has 1 atom stereocenters. The Balaban J connectivity index is 2.68. The molecule has 0 saturated heterocycles. The molecule has 0 aromatic carbocycles. The van der Waals surface area contributed by atoms with Crippen molar-refractivity contribution in [2.24, 2.45) is 7.05 Å². The van der Waals surface area contributed by atoms with Crippen LogP contribution in [0.4, 0.5) is 0 Å². The van der Waals surface area contributed by atoms with Crippen molar-refractivity contribution in [1.82, 2.24) is 14.2 Å². The molecule has 0 spiro atoms. The number of hydrogen-bond donors (Lipinski definition) is 2. The van der Waals surface area contributed by atoms with Gasteiger partial charge < -0.3 is 14.6 Å². The Labute approximate surface area is 108 Å². The summed E-state index contributed by atoms with van der Waals surface area (Å²) in [6.45, 7) is 1.95. The normalized spacial score (nSPS) is 15.9. The summed E-state index contributed by atoms with van der Waals surface area (Å²) in [5, 5.41) is 10.0. The lowest BCUT2D eigenvalue weighted by molar-refractivity contribution is 0.0386. The van der Waals surface area contributed by atoms with Crippen molar-refractivity contribution in [3.05, 3.63) is 18.5 Å². The van der Waals surface area contributed by atoms with Gasteiger partial charge in [0.05, 0.1) is 10.5 Å². The van der Waals surface area contributed by atoms with Crippen LogP contribution in [0.5, 0.6) is 0 Å². The van der Waals surface area contributed by atoms with Crippen molar-refractivity contribution in [3.63, 3.8) is 0 Å². The fourth-order valence-corrected chi connectivity index (χ4v) is 2.92. The monoisotopic (exact) mass is 275 g/mol. The van der Waals surface area contributed by atoms with Crippen LogP contribution in [0, 0.1) is 0 Å². The third-order valence-corrected chi connectivity index (χ3v) is 3.80. The zero-order valence-electron chi connectivity index (χ0n) is 11.2. The van der Waals surface area contributed by atoms with Crippen molar-refractivity contribution < 1.29 is 13.5 Å². The first-order valence-electron chi connectivity index (χ1n) is 5.61. The molecule has 1 heterocycles. The molecular weight excluding hydrogens is 254 g/mol. The summed E-state index contributed by atoms with van der Waals surface area (Å²) in [7, 11) is 1.83. The quantitative estimate of drug-likeness (QED) is 0.742. The third kappa shape index (κ3) is 4.41. The Morgan fingerprint density at radius 2 is 2.11 bits per heavy atom. The molecule has 1 rings (SSSR count). The van der Waals surface area contributed by atoms with Crippen LogP contribution < -0.4 is 4.72 Å². The average Bonchev–Trinajstić information content (AvgIpc) is 2.61. The molecule has 1 aromatic heterocycles. The fraction of sp³-hybridized carbons (Fsp3) is 0.636. The number of nitrogens with zero attached hydrogens (tertiary/aromatic N) is 2. The second kappa shape index (κ2) is 5.40. The number of nitrogens with one attached hydrogen (secondary N) is 1. The first-order valence-corrected chi connectivity index (χ1v) is 7.09.